The van der Waals surface area contributed by atoms with Gasteiger partial charge in [0.15, 0.2) is 0 Å². The molecule has 2 amide bonds. The second-order valence-electron chi connectivity index (χ2n) is 6.76. The van der Waals surface area contributed by atoms with Gasteiger partial charge in [0.1, 0.15) is 0 Å². The van der Waals surface area contributed by atoms with E-state index in [4.69, 9.17) is 0 Å². The van der Waals surface area contributed by atoms with E-state index in [1.807, 2.05) is 67.3 Å². The van der Waals surface area contributed by atoms with Gasteiger partial charge in [0, 0.05) is 30.9 Å². The van der Waals surface area contributed by atoms with Gasteiger partial charge < -0.3 is 9.80 Å². The normalized spacial score (nSPS) is 16.8. The van der Waals surface area contributed by atoms with Gasteiger partial charge in [-0.3, -0.25) is 9.59 Å². The number of rotatable bonds is 5. The molecule has 1 atom stereocenters. The van der Waals surface area contributed by atoms with Gasteiger partial charge in [-0.1, -0.05) is 43.3 Å². The lowest BCUT2D eigenvalue weighted by Gasteiger charge is -2.26. The zero-order chi connectivity index (χ0) is 18.7. The van der Waals surface area contributed by atoms with Gasteiger partial charge in [-0.05, 0) is 43.5 Å². The highest BCUT2D eigenvalue weighted by Gasteiger charge is 2.38. The van der Waals surface area contributed by atoms with Crippen LogP contribution in [-0.4, -0.2) is 24.9 Å². The van der Waals surface area contributed by atoms with Crippen LogP contribution in [0.15, 0.2) is 48.5 Å². The van der Waals surface area contributed by atoms with Crippen molar-refractivity contribution >= 4 is 23.2 Å². The number of aryl methyl sites for hydroxylation is 2. The number of para-hydroxylation sites is 2. The number of carbonyl (C=O) groups is 2. The van der Waals surface area contributed by atoms with E-state index in [9.17, 15) is 9.59 Å². The highest BCUT2D eigenvalue weighted by molar-refractivity contribution is 6.05. The predicted octanol–water partition coefficient (Wildman–Crippen LogP) is 3.96. The minimum absolute atomic E-state index is 0.0325. The van der Waals surface area contributed by atoms with Crippen LogP contribution in [0, 0.1) is 12.8 Å². The van der Waals surface area contributed by atoms with Crippen LogP contribution in [0.4, 0.5) is 11.4 Å². The number of benzene rings is 2. The lowest BCUT2D eigenvalue weighted by Crippen LogP contribution is -2.38. The molecule has 0 N–H and O–H groups in total. The molecule has 26 heavy (non-hydrogen) atoms. The lowest BCUT2D eigenvalue weighted by atomic mass is 10.1. The van der Waals surface area contributed by atoms with E-state index in [1.54, 1.807) is 4.90 Å². The third-order valence-corrected chi connectivity index (χ3v) is 5.13. The van der Waals surface area contributed by atoms with E-state index in [2.05, 4.69) is 6.92 Å². The Hall–Kier alpha value is -2.62. The predicted molar refractivity (Wildman–Crippen MR) is 105 cm³/mol. The molecule has 1 aliphatic heterocycles. The van der Waals surface area contributed by atoms with E-state index < -0.39 is 0 Å². The Bertz CT molecular complexity index is 815. The van der Waals surface area contributed by atoms with Gasteiger partial charge in [-0.15, -0.1) is 0 Å². The molecule has 1 fully saturated rings. The molecule has 3 rings (SSSR count). The molecule has 0 saturated carbocycles. The zero-order valence-electron chi connectivity index (χ0n) is 15.7. The molecule has 2 aromatic rings. The standard InChI is InChI=1S/C22H26N2O2/c1-4-17-11-7-9-13-20(17)24-15-18(14-21(24)25)22(26)23(5-2)19-12-8-6-10-16(19)3/h6-13,18H,4-5,14-15H2,1-3H3. The Morgan fingerprint density at radius 2 is 1.81 bits per heavy atom. The first kappa shape index (κ1) is 18.2. The number of hydrogen-bond acceptors (Lipinski definition) is 2. The lowest BCUT2D eigenvalue weighted by molar-refractivity contribution is -0.124. The minimum Gasteiger partial charge on any atom is -0.312 e. The average molecular weight is 350 g/mol. The fraction of sp³-hybridized carbons (Fsp3) is 0.364. The zero-order valence-corrected chi connectivity index (χ0v) is 15.7. The number of carbonyl (C=O) groups excluding carboxylic acids is 2. The number of nitrogens with zero attached hydrogens (tertiary/aromatic N) is 2. The highest BCUT2D eigenvalue weighted by Crippen LogP contribution is 2.31. The van der Waals surface area contributed by atoms with Crippen LogP contribution in [0.5, 0.6) is 0 Å². The van der Waals surface area contributed by atoms with Gasteiger partial charge in [-0.25, -0.2) is 0 Å². The third kappa shape index (κ3) is 3.36. The summed E-state index contributed by atoms with van der Waals surface area (Å²) in [5.74, 6) is -0.233. The Morgan fingerprint density at radius 1 is 1.12 bits per heavy atom. The quantitative estimate of drug-likeness (QED) is 0.819. The van der Waals surface area contributed by atoms with Crippen molar-refractivity contribution in [2.24, 2.45) is 5.92 Å². The summed E-state index contributed by atoms with van der Waals surface area (Å²) in [7, 11) is 0. The summed E-state index contributed by atoms with van der Waals surface area (Å²) in [6.45, 7) is 7.12. The SMILES string of the molecule is CCc1ccccc1N1CC(C(=O)N(CC)c2ccccc2C)CC1=O. The van der Waals surface area contributed by atoms with Crippen molar-refractivity contribution in [3.63, 3.8) is 0 Å². The number of anilines is 2. The molecule has 1 aliphatic rings. The second kappa shape index (κ2) is 7.73. The molecular formula is C22H26N2O2. The third-order valence-electron chi connectivity index (χ3n) is 5.13. The smallest absolute Gasteiger partial charge is 0.232 e. The van der Waals surface area contributed by atoms with Gasteiger partial charge in [0.05, 0.1) is 5.92 Å². The summed E-state index contributed by atoms with van der Waals surface area (Å²) in [5, 5.41) is 0. The molecule has 2 aromatic carbocycles. The Morgan fingerprint density at radius 3 is 2.50 bits per heavy atom. The van der Waals surface area contributed by atoms with Crippen molar-refractivity contribution in [3.05, 3.63) is 59.7 Å². The summed E-state index contributed by atoms with van der Waals surface area (Å²) in [6.07, 6.45) is 1.14. The molecule has 4 nitrogen and oxygen atoms in total. The van der Waals surface area contributed by atoms with Crippen LogP contribution in [0.3, 0.4) is 0 Å². The average Bonchev–Trinajstić information content (AvgIpc) is 3.05. The van der Waals surface area contributed by atoms with Crippen molar-refractivity contribution in [3.8, 4) is 0 Å². The van der Waals surface area contributed by atoms with Crippen LogP contribution in [0.1, 0.15) is 31.4 Å². The molecule has 1 unspecified atom stereocenters. The second-order valence-corrected chi connectivity index (χ2v) is 6.76. The first-order chi connectivity index (χ1) is 12.6. The van der Waals surface area contributed by atoms with E-state index in [1.165, 1.54) is 0 Å². The number of hydrogen-bond donors (Lipinski definition) is 0. The molecule has 0 radical (unpaired) electrons. The van der Waals surface area contributed by atoms with E-state index in [0.29, 0.717) is 13.1 Å². The summed E-state index contributed by atoms with van der Waals surface area (Å²) >= 11 is 0. The van der Waals surface area contributed by atoms with Crippen molar-refractivity contribution in [1.82, 2.24) is 0 Å². The van der Waals surface area contributed by atoms with Crippen LogP contribution in [0.2, 0.25) is 0 Å². The van der Waals surface area contributed by atoms with Crippen molar-refractivity contribution in [2.75, 3.05) is 22.9 Å². The Kier molecular flexibility index (Phi) is 5.40. The molecule has 0 bridgehead atoms. The van der Waals surface area contributed by atoms with Crippen molar-refractivity contribution < 1.29 is 9.59 Å². The van der Waals surface area contributed by atoms with Gasteiger partial charge in [0.2, 0.25) is 11.8 Å². The van der Waals surface area contributed by atoms with Gasteiger partial charge in [-0.2, -0.15) is 0 Å². The first-order valence-electron chi connectivity index (χ1n) is 9.32. The van der Waals surface area contributed by atoms with Crippen molar-refractivity contribution in [2.45, 2.75) is 33.6 Å². The fourth-order valence-electron chi connectivity index (χ4n) is 3.71. The Labute approximate surface area is 155 Å². The van der Waals surface area contributed by atoms with Crippen LogP contribution in [0.25, 0.3) is 0 Å². The first-order valence-corrected chi connectivity index (χ1v) is 9.32. The summed E-state index contributed by atoms with van der Waals surface area (Å²) < 4.78 is 0. The molecule has 0 aliphatic carbocycles. The van der Waals surface area contributed by atoms with Gasteiger partial charge in [0.25, 0.3) is 0 Å². The topological polar surface area (TPSA) is 40.6 Å². The fourth-order valence-corrected chi connectivity index (χ4v) is 3.71. The van der Waals surface area contributed by atoms with Crippen LogP contribution in [-0.2, 0) is 16.0 Å². The van der Waals surface area contributed by atoms with Crippen molar-refractivity contribution in [1.29, 1.82) is 0 Å². The highest BCUT2D eigenvalue weighted by atomic mass is 16.2. The summed E-state index contributed by atoms with van der Waals surface area (Å²) in [5.41, 5.74) is 4.08. The van der Waals surface area contributed by atoms with Crippen LogP contribution >= 0.6 is 0 Å². The molecule has 1 heterocycles. The van der Waals surface area contributed by atoms with Gasteiger partial charge >= 0.3 is 0 Å². The maximum Gasteiger partial charge on any atom is 0.232 e. The van der Waals surface area contributed by atoms with Crippen LogP contribution < -0.4 is 9.80 Å². The molecular weight excluding hydrogens is 324 g/mol. The van der Waals surface area contributed by atoms with E-state index in [-0.39, 0.29) is 24.2 Å². The molecule has 4 heteroatoms. The maximum absolute atomic E-state index is 13.2. The van der Waals surface area contributed by atoms with E-state index >= 15 is 0 Å². The molecule has 0 spiro atoms. The maximum atomic E-state index is 13.2. The van der Waals surface area contributed by atoms with E-state index in [0.717, 1.165) is 28.9 Å². The molecule has 136 valence electrons. The molecule has 1 saturated heterocycles. The largest absolute Gasteiger partial charge is 0.312 e. The summed E-state index contributed by atoms with van der Waals surface area (Å²) in [6, 6.07) is 15.9. The number of amides is 2. The monoisotopic (exact) mass is 350 g/mol. The minimum atomic E-state index is -0.299. The molecule has 0 aromatic heterocycles. The Balaban J connectivity index is 1.83. The summed E-state index contributed by atoms with van der Waals surface area (Å²) in [4.78, 5) is 29.4.